The van der Waals surface area contributed by atoms with Crippen LogP contribution in [0.2, 0.25) is 0 Å². The monoisotopic (exact) mass is 430 g/mol. The summed E-state index contributed by atoms with van der Waals surface area (Å²) in [6, 6.07) is 17.1. The molecule has 1 fully saturated rings. The van der Waals surface area contributed by atoms with Crippen LogP contribution in [0.1, 0.15) is 28.7 Å². The minimum atomic E-state index is -0.907. The van der Waals surface area contributed by atoms with E-state index in [1.165, 1.54) is 16.2 Å². The van der Waals surface area contributed by atoms with Crippen LogP contribution < -0.4 is 4.90 Å². The molecule has 1 aliphatic heterocycles. The van der Waals surface area contributed by atoms with Crippen LogP contribution in [0.25, 0.3) is 16.0 Å². The molecule has 0 aliphatic carbocycles. The lowest BCUT2D eigenvalue weighted by molar-refractivity contribution is -0.132. The molecule has 1 unspecified atom stereocenters. The van der Waals surface area contributed by atoms with E-state index in [2.05, 4.69) is 4.98 Å². The van der Waals surface area contributed by atoms with E-state index in [4.69, 9.17) is 4.42 Å². The summed E-state index contributed by atoms with van der Waals surface area (Å²) in [5.41, 5.74) is 2.26. The predicted molar refractivity (Wildman–Crippen MR) is 119 cm³/mol. The number of hydrogen-bond acceptors (Lipinski definition) is 6. The van der Waals surface area contributed by atoms with Crippen molar-refractivity contribution in [3.63, 3.8) is 0 Å². The highest BCUT2D eigenvalue weighted by atomic mass is 32.1. The number of carbonyl (C=O) groups excluding carboxylic acids is 2. The molecule has 0 bridgehead atoms. The van der Waals surface area contributed by atoms with Gasteiger partial charge in [-0.1, -0.05) is 47.7 Å². The number of anilines is 1. The molecule has 1 atom stereocenters. The van der Waals surface area contributed by atoms with Crippen LogP contribution in [0.4, 0.5) is 5.13 Å². The predicted octanol–water partition coefficient (Wildman–Crippen LogP) is 5.13. The molecule has 2 aromatic carbocycles. The third-order valence-electron chi connectivity index (χ3n) is 5.26. The average molecular weight is 430 g/mol. The lowest BCUT2D eigenvalue weighted by atomic mass is 9.99. The second kappa shape index (κ2) is 7.21. The van der Waals surface area contributed by atoms with Gasteiger partial charge in [0.25, 0.3) is 5.78 Å². The number of amides is 1. The Morgan fingerprint density at radius 1 is 1.06 bits per heavy atom. The smallest absolute Gasteiger partial charge is 0.302 e. The fraction of sp³-hybridized carbons (Fsp3) is 0.125. The molecule has 7 heteroatoms. The summed E-state index contributed by atoms with van der Waals surface area (Å²) in [4.78, 5) is 32.2. The molecule has 4 aromatic rings. The summed E-state index contributed by atoms with van der Waals surface area (Å²) in [7, 11) is 0. The molecule has 1 saturated heterocycles. The first-order chi connectivity index (χ1) is 14.9. The Bertz CT molecular complexity index is 1370. The Kier molecular flexibility index (Phi) is 4.48. The van der Waals surface area contributed by atoms with E-state index in [1.807, 2.05) is 31.2 Å². The molecule has 1 N–H and O–H groups in total. The standard InChI is InChI=1S/C24H18N2O4S/c1-13-8-10-16-18(12-13)31-24(25-16)26-20(17-11-9-14(2)30-17)19(22(28)23(26)29)21(27)15-6-4-3-5-7-15/h3-12,20,27H,1-2H3. The van der Waals surface area contributed by atoms with Gasteiger partial charge in [0.05, 0.1) is 15.8 Å². The number of aliphatic hydroxyl groups excluding tert-OH is 1. The lowest BCUT2D eigenvalue weighted by Gasteiger charge is -2.20. The topological polar surface area (TPSA) is 83.6 Å². The van der Waals surface area contributed by atoms with Crippen LogP contribution in [0.3, 0.4) is 0 Å². The molecule has 3 heterocycles. The lowest BCUT2D eigenvalue weighted by Crippen LogP contribution is -2.29. The van der Waals surface area contributed by atoms with Crippen molar-refractivity contribution in [2.75, 3.05) is 4.90 Å². The van der Waals surface area contributed by atoms with Gasteiger partial charge in [-0.05, 0) is 43.7 Å². The maximum atomic E-state index is 13.1. The van der Waals surface area contributed by atoms with Gasteiger partial charge < -0.3 is 9.52 Å². The minimum Gasteiger partial charge on any atom is -0.507 e. The molecule has 0 radical (unpaired) electrons. The number of aromatic nitrogens is 1. The van der Waals surface area contributed by atoms with E-state index in [1.54, 1.807) is 43.3 Å². The molecule has 154 valence electrons. The van der Waals surface area contributed by atoms with Gasteiger partial charge >= 0.3 is 5.91 Å². The van der Waals surface area contributed by atoms with Gasteiger partial charge in [-0.25, -0.2) is 4.98 Å². The maximum absolute atomic E-state index is 13.1. The SMILES string of the molecule is Cc1ccc2nc(N3C(=O)C(=O)C(=C(O)c4ccccc4)C3c3ccc(C)o3)sc2c1. The van der Waals surface area contributed by atoms with E-state index in [-0.39, 0.29) is 11.3 Å². The number of ketones is 1. The van der Waals surface area contributed by atoms with E-state index < -0.39 is 17.7 Å². The quantitative estimate of drug-likeness (QED) is 0.277. The number of nitrogens with zero attached hydrogens (tertiary/aromatic N) is 2. The first kappa shape index (κ1) is 19.3. The largest absolute Gasteiger partial charge is 0.507 e. The fourth-order valence-corrected chi connectivity index (χ4v) is 4.86. The number of rotatable bonds is 3. The fourth-order valence-electron chi connectivity index (χ4n) is 3.77. The Morgan fingerprint density at radius 3 is 2.55 bits per heavy atom. The number of fused-ring (bicyclic) bond motifs is 1. The van der Waals surface area contributed by atoms with Crippen LogP contribution in [0.15, 0.2) is 70.7 Å². The van der Waals surface area contributed by atoms with Crippen LogP contribution >= 0.6 is 11.3 Å². The van der Waals surface area contributed by atoms with Crippen molar-refractivity contribution >= 4 is 44.1 Å². The molecule has 0 saturated carbocycles. The number of carbonyl (C=O) groups is 2. The molecular weight excluding hydrogens is 412 g/mol. The maximum Gasteiger partial charge on any atom is 0.302 e. The minimum absolute atomic E-state index is 0.0130. The molecule has 1 amide bonds. The van der Waals surface area contributed by atoms with E-state index in [0.717, 1.165) is 15.8 Å². The van der Waals surface area contributed by atoms with E-state index in [0.29, 0.717) is 22.2 Å². The number of hydrogen-bond donors (Lipinski definition) is 1. The first-order valence-corrected chi connectivity index (χ1v) is 10.6. The molecule has 1 aliphatic rings. The third-order valence-corrected chi connectivity index (χ3v) is 6.28. The third kappa shape index (κ3) is 3.14. The number of aliphatic hydroxyl groups is 1. The van der Waals surface area contributed by atoms with Gasteiger partial charge in [-0.3, -0.25) is 14.5 Å². The Balaban J connectivity index is 1.73. The number of thiazole rings is 1. The van der Waals surface area contributed by atoms with Crippen LogP contribution in [-0.2, 0) is 9.59 Å². The second-order valence-electron chi connectivity index (χ2n) is 7.45. The van der Waals surface area contributed by atoms with E-state index in [9.17, 15) is 14.7 Å². The van der Waals surface area contributed by atoms with Crippen molar-refractivity contribution in [2.24, 2.45) is 0 Å². The number of benzene rings is 2. The molecule has 6 nitrogen and oxygen atoms in total. The summed E-state index contributed by atoms with van der Waals surface area (Å²) < 4.78 is 6.72. The number of furan rings is 1. The summed E-state index contributed by atoms with van der Waals surface area (Å²) >= 11 is 1.33. The highest BCUT2D eigenvalue weighted by Crippen LogP contribution is 2.44. The summed E-state index contributed by atoms with van der Waals surface area (Å²) in [6.07, 6.45) is 0. The highest BCUT2D eigenvalue weighted by Gasteiger charge is 2.49. The zero-order chi connectivity index (χ0) is 21.7. The van der Waals surface area contributed by atoms with Gasteiger partial charge in [-0.2, -0.15) is 0 Å². The highest BCUT2D eigenvalue weighted by molar-refractivity contribution is 7.22. The Labute approximate surface area is 182 Å². The van der Waals surface area contributed by atoms with Gasteiger partial charge in [0.1, 0.15) is 23.3 Å². The van der Waals surface area contributed by atoms with Crippen molar-refractivity contribution in [2.45, 2.75) is 19.9 Å². The Morgan fingerprint density at radius 2 is 1.84 bits per heavy atom. The van der Waals surface area contributed by atoms with Gasteiger partial charge in [0.2, 0.25) is 0 Å². The molecule has 31 heavy (non-hydrogen) atoms. The number of Topliss-reactive ketones (excluding diaryl/α,β-unsaturated/α-hetero) is 1. The van der Waals surface area contributed by atoms with Gasteiger partial charge in [0.15, 0.2) is 5.13 Å². The van der Waals surface area contributed by atoms with Crippen molar-refractivity contribution in [1.29, 1.82) is 0 Å². The second-order valence-corrected chi connectivity index (χ2v) is 8.46. The van der Waals surface area contributed by atoms with Crippen molar-refractivity contribution in [3.8, 4) is 0 Å². The summed E-state index contributed by atoms with van der Waals surface area (Å²) in [5, 5.41) is 11.4. The zero-order valence-corrected chi connectivity index (χ0v) is 17.6. The van der Waals surface area contributed by atoms with Crippen molar-refractivity contribution < 1.29 is 19.1 Å². The normalized spacial score (nSPS) is 18.3. The molecule has 2 aromatic heterocycles. The summed E-state index contributed by atoms with van der Waals surface area (Å²) in [5.74, 6) is -0.717. The van der Waals surface area contributed by atoms with Crippen LogP contribution in [0.5, 0.6) is 0 Å². The van der Waals surface area contributed by atoms with Crippen LogP contribution in [-0.4, -0.2) is 21.8 Å². The molecule has 0 spiro atoms. The van der Waals surface area contributed by atoms with Gasteiger partial charge in [0, 0.05) is 5.56 Å². The number of aryl methyl sites for hydroxylation is 2. The zero-order valence-electron chi connectivity index (χ0n) is 16.8. The molecular formula is C24H18N2O4S. The Hall–Kier alpha value is -3.71. The average Bonchev–Trinajstić information content (AvgIpc) is 3.44. The van der Waals surface area contributed by atoms with Gasteiger partial charge in [-0.15, -0.1) is 0 Å². The van der Waals surface area contributed by atoms with E-state index >= 15 is 0 Å². The molecule has 5 rings (SSSR count). The van der Waals surface area contributed by atoms with Crippen molar-refractivity contribution in [3.05, 3.63) is 88.9 Å². The van der Waals surface area contributed by atoms with Crippen molar-refractivity contribution in [1.82, 2.24) is 4.98 Å². The summed E-state index contributed by atoms with van der Waals surface area (Å²) in [6.45, 7) is 3.77. The van der Waals surface area contributed by atoms with Crippen LogP contribution in [0, 0.1) is 13.8 Å². The first-order valence-electron chi connectivity index (χ1n) is 9.74.